The molecular weight excluding hydrogens is 152 g/mol. The van der Waals surface area contributed by atoms with Crippen molar-refractivity contribution in [3.8, 4) is 24.7 Å². The highest BCUT2D eigenvalue weighted by molar-refractivity contribution is 5.74. The highest BCUT2D eigenvalue weighted by Crippen LogP contribution is 1.91. The zero-order valence-electron chi connectivity index (χ0n) is 7.37. The third-order valence-corrected chi connectivity index (χ3v) is 1.31. The molecule has 0 heterocycles. The zero-order valence-corrected chi connectivity index (χ0v) is 7.37. The molecule has 12 heavy (non-hydrogen) atoms. The molecule has 0 spiro atoms. The number of nitrogens with zero attached hydrogens (tertiary/aromatic N) is 2. The molecule has 0 aromatic rings. The second-order valence-corrected chi connectivity index (χ2v) is 2.40. The second-order valence-electron chi connectivity index (χ2n) is 2.40. The molecule has 0 aliphatic heterocycles. The van der Waals surface area contributed by atoms with Crippen LogP contribution in [-0.4, -0.2) is 43.0 Å². The lowest BCUT2D eigenvalue weighted by Crippen LogP contribution is -2.39. The van der Waals surface area contributed by atoms with E-state index in [-0.39, 0.29) is 6.03 Å². The Morgan fingerprint density at radius 2 is 1.50 bits per heavy atom. The van der Waals surface area contributed by atoms with E-state index in [1.807, 2.05) is 0 Å². The maximum absolute atomic E-state index is 11.3. The number of carbonyl (C=O) groups excluding carboxylic acids is 1. The lowest BCUT2D eigenvalue weighted by Gasteiger charge is -2.21. The van der Waals surface area contributed by atoms with E-state index < -0.39 is 0 Å². The number of urea groups is 1. The van der Waals surface area contributed by atoms with Gasteiger partial charge in [-0.1, -0.05) is 11.8 Å². The summed E-state index contributed by atoms with van der Waals surface area (Å²) in [6.45, 7) is 0.599. The van der Waals surface area contributed by atoms with Gasteiger partial charge in [0.2, 0.25) is 0 Å². The van der Waals surface area contributed by atoms with Crippen molar-refractivity contribution in [2.45, 2.75) is 0 Å². The largest absolute Gasteiger partial charge is 0.321 e. The molecule has 0 N–H and O–H groups in total. The normalized spacial score (nSPS) is 8.00. The van der Waals surface area contributed by atoms with Gasteiger partial charge in [0.1, 0.15) is 0 Å². The molecule has 0 aromatic heterocycles. The molecule has 0 radical (unpaired) electrons. The van der Waals surface area contributed by atoms with Gasteiger partial charge >= 0.3 is 6.03 Å². The lowest BCUT2D eigenvalue weighted by atomic mass is 10.5. The topological polar surface area (TPSA) is 23.6 Å². The molecule has 0 fully saturated rings. The van der Waals surface area contributed by atoms with E-state index in [2.05, 4.69) is 11.8 Å². The fraction of sp³-hybridized carbons (Fsp3) is 0.444. The Kier molecular flexibility index (Phi) is 4.41. The highest BCUT2D eigenvalue weighted by atomic mass is 16.2. The molecule has 3 nitrogen and oxygen atoms in total. The summed E-state index contributed by atoms with van der Waals surface area (Å²) < 4.78 is 0. The Bertz CT molecular complexity index is 210. The number of rotatable bonds is 2. The summed E-state index contributed by atoms with van der Waals surface area (Å²) in [5, 5.41) is 0. The minimum atomic E-state index is -0.161. The average molecular weight is 164 g/mol. The van der Waals surface area contributed by atoms with E-state index in [0.717, 1.165) is 0 Å². The molecule has 0 aliphatic rings. The molecule has 64 valence electrons. The summed E-state index contributed by atoms with van der Waals surface area (Å²) in [5.41, 5.74) is 0. The van der Waals surface area contributed by atoms with Crippen molar-refractivity contribution >= 4 is 6.03 Å². The molecule has 0 bridgehead atoms. The van der Waals surface area contributed by atoms with Gasteiger partial charge in [-0.2, -0.15) is 0 Å². The van der Waals surface area contributed by atoms with E-state index >= 15 is 0 Å². The first-order valence-electron chi connectivity index (χ1n) is 3.46. The third kappa shape index (κ3) is 2.98. The predicted molar refractivity (Wildman–Crippen MR) is 48.3 cm³/mol. The monoisotopic (exact) mass is 164 g/mol. The van der Waals surface area contributed by atoms with Crippen LogP contribution >= 0.6 is 0 Å². The molecule has 0 rings (SSSR count). The first kappa shape index (κ1) is 10.4. The van der Waals surface area contributed by atoms with Crippen LogP contribution in [0.3, 0.4) is 0 Å². The Balaban J connectivity index is 4.04. The van der Waals surface area contributed by atoms with Crippen molar-refractivity contribution < 1.29 is 4.79 Å². The van der Waals surface area contributed by atoms with Gasteiger partial charge in [0.25, 0.3) is 0 Å². The van der Waals surface area contributed by atoms with Gasteiger partial charge in [-0.05, 0) is 0 Å². The summed E-state index contributed by atoms with van der Waals surface area (Å²) in [6.07, 6.45) is 10.1. The molecule has 2 amide bonds. The van der Waals surface area contributed by atoms with Gasteiger partial charge in [-0.15, -0.1) is 12.8 Å². The van der Waals surface area contributed by atoms with Crippen LogP contribution in [-0.2, 0) is 0 Å². The minimum absolute atomic E-state index is 0.161. The minimum Gasteiger partial charge on any atom is -0.317 e. The van der Waals surface area contributed by atoms with Gasteiger partial charge in [0, 0.05) is 14.1 Å². The fourth-order valence-electron chi connectivity index (χ4n) is 0.701. The Hall–Kier alpha value is -1.61. The average Bonchev–Trinajstić information content (AvgIpc) is 2.04. The van der Waals surface area contributed by atoms with Crippen LogP contribution < -0.4 is 0 Å². The maximum Gasteiger partial charge on any atom is 0.321 e. The van der Waals surface area contributed by atoms with E-state index in [1.54, 1.807) is 14.1 Å². The summed E-state index contributed by atoms with van der Waals surface area (Å²) >= 11 is 0. The van der Waals surface area contributed by atoms with Gasteiger partial charge < -0.3 is 9.80 Å². The standard InChI is InChI=1S/C9H12N2O/c1-5-7-10(3)9(12)11(4)8-6-2/h1-2H,7-8H2,3-4H3. The van der Waals surface area contributed by atoms with Crippen LogP contribution in [0.1, 0.15) is 0 Å². The smallest absolute Gasteiger partial charge is 0.317 e. The summed E-state index contributed by atoms with van der Waals surface area (Å²) in [4.78, 5) is 14.1. The zero-order chi connectivity index (χ0) is 9.56. The first-order valence-corrected chi connectivity index (χ1v) is 3.46. The summed E-state index contributed by atoms with van der Waals surface area (Å²) in [7, 11) is 3.27. The summed E-state index contributed by atoms with van der Waals surface area (Å²) in [6, 6.07) is -0.161. The van der Waals surface area contributed by atoms with Gasteiger partial charge in [0.05, 0.1) is 13.1 Å². The number of amides is 2. The number of hydrogen-bond acceptors (Lipinski definition) is 1. The van der Waals surface area contributed by atoms with E-state index in [1.165, 1.54) is 9.80 Å². The van der Waals surface area contributed by atoms with Gasteiger partial charge in [0.15, 0.2) is 0 Å². The van der Waals surface area contributed by atoms with Gasteiger partial charge in [-0.25, -0.2) is 4.79 Å². The van der Waals surface area contributed by atoms with Crippen LogP contribution in [0.5, 0.6) is 0 Å². The van der Waals surface area contributed by atoms with Crippen molar-refractivity contribution in [3.63, 3.8) is 0 Å². The number of hydrogen-bond donors (Lipinski definition) is 0. The Morgan fingerprint density at radius 3 is 1.75 bits per heavy atom. The molecule has 0 aromatic carbocycles. The fourth-order valence-corrected chi connectivity index (χ4v) is 0.701. The Labute approximate surface area is 73.3 Å². The van der Waals surface area contributed by atoms with Crippen LogP contribution in [0.2, 0.25) is 0 Å². The molecule has 0 atom stereocenters. The van der Waals surface area contributed by atoms with Crippen molar-refractivity contribution in [2.75, 3.05) is 27.2 Å². The molecule has 3 heteroatoms. The quantitative estimate of drug-likeness (QED) is 0.536. The van der Waals surface area contributed by atoms with Crippen molar-refractivity contribution in [1.29, 1.82) is 0 Å². The molecule has 0 aliphatic carbocycles. The van der Waals surface area contributed by atoms with Crippen LogP contribution in [0.25, 0.3) is 0 Å². The highest BCUT2D eigenvalue weighted by Gasteiger charge is 2.10. The van der Waals surface area contributed by atoms with Crippen molar-refractivity contribution in [2.24, 2.45) is 0 Å². The van der Waals surface area contributed by atoms with Crippen LogP contribution in [0.15, 0.2) is 0 Å². The van der Waals surface area contributed by atoms with E-state index in [4.69, 9.17) is 12.8 Å². The van der Waals surface area contributed by atoms with E-state index in [9.17, 15) is 4.79 Å². The predicted octanol–water partition coefficient (Wildman–Crippen LogP) is 0.236. The lowest BCUT2D eigenvalue weighted by molar-refractivity contribution is 0.183. The Morgan fingerprint density at radius 1 is 1.17 bits per heavy atom. The van der Waals surface area contributed by atoms with Crippen LogP contribution in [0, 0.1) is 24.7 Å². The number of carbonyl (C=O) groups is 1. The third-order valence-electron chi connectivity index (χ3n) is 1.31. The molecule has 0 saturated heterocycles. The molecule has 0 unspecified atom stereocenters. The van der Waals surface area contributed by atoms with Crippen molar-refractivity contribution in [1.82, 2.24) is 9.80 Å². The molecular formula is C9H12N2O. The second kappa shape index (κ2) is 5.09. The van der Waals surface area contributed by atoms with Crippen LogP contribution in [0.4, 0.5) is 4.79 Å². The van der Waals surface area contributed by atoms with Crippen molar-refractivity contribution in [3.05, 3.63) is 0 Å². The van der Waals surface area contributed by atoms with E-state index in [0.29, 0.717) is 13.1 Å². The maximum atomic E-state index is 11.3. The van der Waals surface area contributed by atoms with Gasteiger partial charge in [-0.3, -0.25) is 0 Å². The summed E-state index contributed by atoms with van der Waals surface area (Å²) in [5.74, 6) is 4.74. The SMILES string of the molecule is C#CCN(C)C(=O)N(C)CC#C. The molecule has 0 saturated carbocycles. The number of terminal acetylenes is 2. The first-order chi connectivity index (χ1) is 5.63.